The molecule has 1 saturated heterocycles. The number of rotatable bonds is 7. The lowest BCUT2D eigenvalue weighted by Gasteiger charge is -2.26. The van der Waals surface area contributed by atoms with E-state index in [9.17, 15) is 22.8 Å². The smallest absolute Gasteiger partial charge is 0.347 e. The topological polar surface area (TPSA) is 61.4 Å². The second-order valence-electron chi connectivity index (χ2n) is 6.04. The molecule has 1 atom stereocenters. The first-order chi connectivity index (χ1) is 11.8. The highest BCUT2D eigenvalue weighted by atomic mass is 19.4. The zero-order chi connectivity index (χ0) is 18.4. The Labute approximate surface area is 144 Å². The van der Waals surface area contributed by atoms with Crippen molar-refractivity contribution in [1.29, 1.82) is 0 Å². The summed E-state index contributed by atoms with van der Waals surface area (Å²) in [5.41, 5.74) is -0.431. The molecule has 0 saturated carbocycles. The predicted octanol–water partition coefficient (Wildman–Crippen LogP) is 2.09. The number of alkyl halides is 3. The molecule has 1 fully saturated rings. The first-order valence-electron chi connectivity index (χ1n) is 8.20. The number of nitrogens with zero attached hydrogens (tertiary/aromatic N) is 1. The van der Waals surface area contributed by atoms with Crippen LogP contribution in [0.25, 0.3) is 0 Å². The van der Waals surface area contributed by atoms with E-state index in [1.54, 1.807) is 18.0 Å². The van der Waals surface area contributed by atoms with Gasteiger partial charge in [0.25, 0.3) is 0 Å². The molecule has 8 heteroatoms. The first kappa shape index (κ1) is 19.2. The highest BCUT2D eigenvalue weighted by Crippen LogP contribution is 2.31. The molecular formula is C17H22F3N3O2. The minimum absolute atomic E-state index is 0.0403. The number of carbonyl (C=O) groups is 2. The van der Waals surface area contributed by atoms with E-state index in [1.807, 2.05) is 0 Å². The molecule has 0 bridgehead atoms. The van der Waals surface area contributed by atoms with Gasteiger partial charge in [-0.3, -0.25) is 9.59 Å². The molecule has 2 rings (SSSR count). The molecule has 0 aromatic heterocycles. The zero-order valence-corrected chi connectivity index (χ0v) is 14.0. The average molecular weight is 357 g/mol. The van der Waals surface area contributed by atoms with Crippen molar-refractivity contribution in [2.75, 3.05) is 26.7 Å². The summed E-state index contributed by atoms with van der Waals surface area (Å²) in [6.07, 6.45) is -3.09. The summed E-state index contributed by atoms with van der Waals surface area (Å²) in [5.74, 6) is -0.315. The number of hydrogen-bond donors (Lipinski definition) is 2. The van der Waals surface area contributed by atoms with E-state index in [0.717, 1.165) is 18.6 Å². The van der Waals surface area contributed by atoms with Gasteiger partial charge >= 0.3 is 6.18 Å². The Morgan fingerprint density at radius 1 is 1.36 bits per heavy atom. The normalized spacial score (nSPS) is 16.2. The third kappa shape index (κ3) is 5.45. The number of nitrogens with one attached hydrogen (secondary N) is 2. The molecule has 25 heavy (non-hydrogen) atoms. The predicted molar refractivity (Wildman–Crippen MR) is 86.7 cm³/mol. The molecule has 1 aliphatic heterocycles. The lowest BCUT2D eigenvalue weighted by atomic mass is 10.0. The van der Waals surface area contributed by atoms with Crippen LogP contribution in [0.4, 0.5) is 13.2 Å². The average Bonchev–Trinajstić information content (AvgIpc) is 2.96. The maximum Gasteiger partial charge on any atom is 0.416 e. The van der Waals surface area contributed by atoms with Gasteiger partial charge in [0.15, 0.2) is 0 Å². The van der Waals surface area contributed by atoms with Crippen LogP contribution in [-0.2, 0) is 15.8 Å². The van der Waals surface area contributed by atoms with E-state index in [4.69, 9.17) is 0 Å². The van der Waals surface area contributed by atoms with Crippen molar-refractivity contribution in [3.8, 4) is 0 Å². The van der Waals surface area contributed by atoms with E-state index in [-0.39, 0.29) is 24.8 Å². The fourth-order valence-corrected chi connectivity index (χ4v) is 2.79. The van der Waals surface area contributed by atoms with E-state index < -0.39 is 17.8 Å². The maximum absolute atomic E-state index is 13.0. The Kier molecular flexibility index (Phi) is 6.41. The van der Waals surface area contributed by atoms with E-state index in [0.29, 0.717) is 25.1 Å². The zero-order valence-electron chi connectivity index (χ0n) is 14.0. The third-order valence-corrected chi connectivity index (χ3v) is 4.13. The lowest BCUT2D eigenvalue weighted by Crippen LogP contribution is -2.39. The summed E-state index contributed by atoms with van der Waals surface area (Å²) >= 11 is 0. The molecule has 5 nitrogen and oxygen atoms in total. The summed E-state index contributed by atoms with van der Waals surface area (Å²) in [4.78, 5) is 25.5. The van der Waals surface area contributed by atoms with Crippen molar-refractivity contribution >= 4 is 11.8 Å². The number of hydrogen-bond acceptors (Lipinski definition) is 3. The lowest BCUT2D eigenvalue weighted by molar-refractivity contribution is -0.137. The van der Waals surface area contributed by atoms with Crippen LogP contribution < -0.4 is 10.6 Å². The van der Waals surface area contributed by atoms with Gasteiger partial charge in [-0.05, 0) is 31.2 Å². The summed E-state index contributed by atoms with van der Waals surface area (Å²) < 4.78 is 38.9. The second kappa shape index (κ2) is 8.33. The van der Waals surface area contributed by atoms with Gasteiger partial charge < -0.3 is 15.5 Å². The minimum atomic E-state index is -4.46. The Morgan fingerprint density at radius 2 is 2.12 bits per heavy atom. The van der Waals surface area contributed by atoms with E-state index >= 15 is 0 Å². The summed E-state index contributed by atoms with van der Waals surface area (Å²) in [6, 6.07) is 4.21. The van der Waals surface area contributed by atoms with E-state index in [2.05, 4.69) is 10.6 Å². The molecule has 1 aliphatic rings. The molecule has 1 aromatic carbocycles. The van der Waals surface area contributed by atoms with Gasteiger partial charge in [0.1, 0.15) is 0 Å². The summed E-state index contributed by atoms with van der Waals surface area (Å²) in [6.45, 7) is 1.19. The number of benzene rings is 1. The van der Waals surface area contributed by atoms with Gasteiger partial charge in [0, 0.05) is 32.5 Å². The number of carbonyl (C=O) groups excluding carboxylic acids is 2. The Hall–Kier alpha value is -2.09. The van der Waals surface area contributed by atoms with Gasteiger partial charge in [-0.25, -0.2) is 0 Å². The molecule has 2 N–H and O–H groups in total. The Morgan fingerprint density at radius 3 is 2.72 bits per heavy atom. The Balaban J connectivity index is 2.20. The minimum Gasteiger partial charge on any atom is -0.347 e. The molecule has 2 amide bonds. The maximum atomic E-state index is 13.0. The Bertz CT molecular complexity index is 619. The van der Waals surface area contributed by atoms with Crippen LogP contribution in [0.5, 0.6) is 0 Å². The van der Waals surface area contributed by atoms with Crippen LogP contribution in [0.1, 0.15) is 36.4 Å². The molecule has 1 heterocycles. The van der Waals surface area contributed by atoms with Gasteiger partial charge in [0.05, 0.1) is 11.6 Å². The fourth-order valence-electron chi connectivity index (χ4n) is 2.79. The van der Waals surface area contributed by atoms with Crippen LogP contribution in [0.3, 0.4) is 0 Å². The molecule has 0 aliphatic carbocycles. The number of amides is 2. The van der Waals surface area contributed by atoms with Crippen molar-refractivity contribution < 1.29 is 22.8 Å². The summed E-state index contributed by atoms with van der Waals surface area (Å²) in [5, 5.41) is 5.60. The molecular weight excluding hydrogens is 335 g/mol. The van der Waals surface area contributed by atoms with Crippen LogP contribution in [0, 0.1) is 0 Å². The van der Waals surface area contributed by atoms with Gasteiger partial charge in [-0.1, -0.05) is 12.1 Å². The quantitative estimate of drug-likeness (QED) is 0.786. The van der Waals surface area contributed by atoms with E-state index in [1.165, 1.54) is 6.07 Å². The van der Waals surface area contributed by atoms with Gasteiger partial charge in [-0.15, -0.1) is 0 Å². The molecule has 1 aromatic rings. The van der Waals surface area contributed by atoms with Crippen molar-refractivity contribution in [1.82, 2.24) is 15.5 Å². The van der Waals surface area contributed by atoms with Crippen LogP contribution in [0.2, 0.25) is 0 Å². The highest BCUT2D eigenvalue weighted by molar-refractivity contribution is 5.79. The largest absolute Gasteiger partial charge is 0.416 e. The highest BCUT2D eigenvalue weighted by Gasteiger charge is 2.32. The monoisotopic (exact) mass is 357 g/mol. The van der Waals surface area contributed by atoms with Crippen molar-refractivity contribution in [2.24, 2.45) is 0 Å². The number of halogens is 3. The van der Waals surface area contributed by atoms with Crippen LogP contribution in [0.15, 0.2) is 24.3 Å². The number of likely N-dealkylation sites (tertiary alicyclic amines) is 1. The third-order valence-electron chi connectivity index (χ3n) is 4.13. The SMILES string of the molecule is CNCCC(=O)NC(CN1CCCC1=O)c1cccc(C(F)(F)F)c1. The molecule has 138 valence electrons. The fraction of sp³-hybridized carbons (Fsp3) is 0.529. The van der Waals surface area contributed by atoms with Crippen molar-refractivity contribution in [3.05, 3.63) is 35.4 Å². The summed E-state index contributed by atoms with van der Waals surface area (Å²) in [7, 11) is 1.71. The van der Waals surface area contributed by atoms with Crippen LogP contribution in [-0.4, -0.2) is 43.4 Å². The van der Waals surface area contributed by atoms with Crippen molar-refractivity contribution in [3.63, 3.8) is 0 Å². The second-order valence-corrected chi connectivity index (χ2v) is 6.04. The molecule has 0 spiro atoms. The van der Waals surface area contributed by atoms with Gasteiger partial charge in [-0.2, -0.15) is 13.2 Å². The van der Waals surface area contributed by atoms with Crippen LogP contribution >= 0.6 is 0 Å². The van der Waals surface area contributed by atoms with Gasteiger partial charge in [0.2, 0.25) is 11.8 Å². The molecule has 1 unspecified atom stereocenters. The molecule has 0 radical (unpaired) electrons. The van der Waals surface area contributed by atoms with Crippen molar-refractivity contribution in [2.45, 2.75) is 31.5 Å². The standard InChI is InChI=1S/C17H22F3N3O2/c1-21-8-7-15(24)22-14(11-23-9-3-6-16(23)25)12-4-2-5-13(10-12)17(18,19)20/h2,4-5,10,14,21H,3,6-9,11H2,1H3,(H,22,24). The first-order valence-corrected chi connectivity index (χ1v) is 8.20.